The molecular formula is C15H21NO4. The summed E-state index contributed by atoms with van der Waals surface area (Å²) in [6, 6.07) is 7.35. The molecule has 1 saturated carbocycles. The summed E-state index contributed by atoms with van der Waals surface area (Å²) in [7, 11) is 1.61. The Labute approximate surface area is 119 Å². The number of carboxylic acid groups (broad SMARTS) is 1. The van der Waals surface area contributed by atoms with E-state index >= 15 is 0 Å². The minimum Gasteiger partial charge on any atom is -0.497 e. The van der Waals surface area contributed by atoms with Gasteiger partial charge in [-0.2, -0.15) is 0 Å². The smallest absolute Gasteiger partial charge is 0.320 e. The summed E-state index contributed by atoms with van der Waals surface area (Å²) in [5.74, 6) is 0.710. The molecule has 0 amide bonds. The highest BCUT2D eigenvalue weighted by Gasteiger charge is 2.34. The van der Waals surface area contributed by atoms with Crippen LogP contribution in [-0.4, -0.2) is 48.3 Å². The molecule has 2 rings (SSSR count). The van der Waals surface area contributed by atoms with Crippen molar-refractivity contribution in [1.29, 1.82) is 0 Å². The van der Waals surface area contributed by atoms with E-state index in [1.54, 1.807) is 14.0 Å². The third-order valence-corrected chi connectivity index (χ3v) is 3.53. The Morgan fingerprint density at radius 1 is 1.45 bits per heavy atom. The first-order valence-corrected chi connectivity index (χ1v) is 6.87. The number of ether oxygens (including phenoxy) is 2. The van der Waals surface area contributed by atoms with Gasteiger partial charge in [-0.3, -0.25) is 9.69 Å². The Balaban J connectivity index is 1.85. The van der Waals surface area contributed by atoms with Crippen LogP contribution in [0.2, 0.25) is 0 Å². The number of hydrogen-bond acceptors (Lipinski definition) is 4. The summed E-state index contributed by atoms with van der Waals surface area (Å²) >= 11 is 0. The zero-order valence-corrected chi connectivity index (χ0v) is 11.9. The van der Waals surface area contributed by atoms with E-state index in [4.69, 9.17) is 14.6 Å². The highest BCUT2D eigenvalue weighted by atomic mass is 16.5. The van der Waals surface area contributed by atoms with Crippen LogP contribution in [0.3, 0.4) is 0 Å². The lowest BCUT2D eigenvalue weighted by Crippen LogP contribution is -2.42. The number of carbonyl (C=O) groups is 1. The lowest BCUT2D eigenvalue weighted by molar-refractivity contribution is -0.143. The molecule has 1 N–H and O–H groups in total. The molecule has 1 aromatic rings. The van der Waals surface area contributed by atoms with Crippen molar-refractivity contribution in [2.45, 2.75) is 31.8 Å². The molecule has 5 nitrogen and oxygen atoms in total. The van der Waals surface area contributed by atoms with Crippen molar-refractivity contribution in [1.82, 2.24) is 4.90 Å². The van der Waals surface area contributed by atoms with Crippen LogP contribution in [0.5, 0.6) is 11.5 Å². The highest BCUT2D eigenvalue weighted by Crippen LogP contribution is 2.28. The first-order chi connectivity index (χ1) is 9.61. The van der Waals surface area contributed by atoms with E-state index in [-0.39, 0.29) is 0 Å². The predicted molar refractivity (Wildman–Crippen MR) is 75.3 cm³/mol. The highest BCUT2D eigenvalue weighted by molar-refractivity contribution is 5.73. The average Bonchev–Trinajstić information content (AvgIpc) is 3.27. The van der Waals surface area contributed by atoms with Crippen molar-refractivity contribution in [2.24, 2.45) is 0 Å². The molecule has 1 aliphatic carbocycles. The molecule has 0 aromatic heterocycles. The van der Waals surface area contributed by atoms with Crippen molar-refractivity contribution >= 4 is 5.97 Å². The van der Waals surface area contributed by atoms with Crippen LogP contribution < -0.4 is 9.47 Å². The van der Waals surface area contributed by atoms with Crippen molar-refractivity contribution in [3.8, 4) is 11.5 Å². The molecule has 1 aliphatic rings. The normalized spacial score (nSPS) is 15.9. The van der Waals surface area contributed by atoms with Gasteiger partial charge in [0.1, 0.15) is 24.1 Å². The van der Waals surface area contributed by atoms with Gasteiger partial charge in [0, 0.05) is 18.7 Å². The first-order valence-electron chi connectivity index (χ1n) is 6.87. The van der Waals surface area contributed by atoms with E-state index in [2.05, 4.69) is 0 Å². The average molecular weight is 279 g/mol. The standard InChI is InChI=1S/C15H21NO4/c1-11(15(17)18)16(12-6-7-12)8-9-20-14-5-3-4-13(10-14)19-2/h3-5,10-12H,6-9H2,1-2H3,(H,17,18). The largest absolute Gasteiger partial charge is 0.497 e. The van der Waals surface area contributed by atoms with Crippen LogP contribution in [0, 0.1) is 0 Å². The van der Waals surface area contributed by atoms with Crippen molar-refractivity contribution in [2.75, 3.05) is 20.3 Å². The third kappa shape index (κ3) is 3.87. The van der Waals surface area contributed by atoms with E-state index in [0.29, 0.717) is 19.2 Å². The molecule has 20 heavy (non-hydrogen) atoms. The van der Waals surface area contributed by atoms with Gasteiger partial charge in [-0.25, -0.2) is 0 Å². The molecule has 0 saturated heterocycles. The molecular weight excluding hydrogens is 258 g/mol. The van der Waals surface area contributed by atoms with E-state index in [9.17, 15) is 4.79 Å². The molecule has 0 aliphatic heterocycles. The van der Waals surface area contributed by atoms with Gasteiger partial charge < -0.3 is 14.6 Å². The Morgan fingerprint density at radius 2 is 2.15 bits per heavy atom. The maximum atomic E-state index is 11.1. The van der Waals surface area contributed by atoms with Crippen molar-refractivity contribution in [3.63, 3.8) is 0 Å². The van der Waals surface area contributed by atoms with Crippen molar-refractivity contribution in [3.05, 3.63) is 24.3 Å². The molecule has 1 aromatic carbocycles. The second-order valence-electron chi connectivity index (χ2n) is 5.01. The Morgan fingerprint density at radius 3 is 2.75 bits per heavy atom. The third-order valence-electron chi connectivity index (χ3n) is 3.53. The molecule has 1 fully saturated rings. The van der Waals surface area contributed by atoms with Crippen molar-refractivity contribution < 1.29 is 19.4 Å². The molecule has 0 radical (unpaired) electrons. The van der Waals surface area contributed by atoms with Crippen LogP contribution in [-0.2, 0) is 4.79 Å². The predicted octanol–water partition coefficient (Wildman–Crippen LogP) is 2.01. The number of benzene rings is 1. The van der Waals surface area contributed by atoms with Gasteiger partial charge in [-0.15, -0.1) is 0 Å². The fourth-order valence-corrected chi connectivity index (χ4v) is 2.20. The van der Waals surface area contributed by atoms with Crippen LogP contribution in [0.15, 0.2) is 24.3 Å². The number of nitrogens with zero attached hydrogens (tertiary/aromatic N) is 1. The minimum absolute atomic E-state index is 0.398. The summed E-state index contributed by atoms with van der Waals surface area (Å²) in [4.78, 5) is 13.1. The SMILES string of the molecule is COc1cccc(OCCN(C2CC2)C(C)C(=O)O)c1. The number of hydrogen-bond donors (Lipinski definition) is 1. The monoisotopic (exact) mass is 279 g/mol. The van der Waals surface area contributed by atoms with Gasteiger partial charge in [-0.1, -0.05) is 6.07 Å². The molecule has 0 bridgehead atoms. The van der Waals surface area contributed by atoms with Gasteiger partial charge in [-0.05, 0) is 31.9 Å². The Kier molecular flexibility index (Phi) is 4.84. The quantitative estimate of drug-likeness (QED) is 0.789. The molecule has 0 heterocycles. The van der Waals surface area contributed by atoms with E-state index in [1.807, 2.05) is 29.2 Å². The lowest BCUT2D eigenvalue weighted by Gasteiger charge is -2.25. The summed E-state index contributed by atoms with van der Waals surface area (Å²) in [5.41, 5.74) is 0. The summed E-state index contributed by atoms with van der Waals surface area (Å²) < 4.78 is 10.8. The number of rotatable bonds is 8. The van der Waals surface area contributed by atoms with E-state index in [1.165, 1.54) is 0 Å². The molecule has 110 valence electrons. The van der Waals surface area contributed by atoms with Gasteiger partial charge in [0.25, 0.3) is 0 Å². The Bertz CT molecular complexity index is 459. The van der Waals surface area contributed by atoms with Gasteiger partial charge in [0.05, 0.1) is 7.11 Å². The van der Waals surface area contributed by atoms with Crippen LogP contribution in [0.1, 0.15) is 19.8 Å². The second-order valence-corrected chi connectivity index (χ2v) is 5.01. The minimum atomic E-state index is -0.779. The number of aliphatic carboxylic acids is 1. The molecule has 1 atom stereocenters. The zero-order chi connectivity index (χ0) is 14.5. The lowest BCUT2D eigenvalue weighted by atomic mass is 10.2. The summed E-state index contributed by atoms with van der Waals surface area (Å²) in [6.45, 7) is 2.82. The second kappa shape index (κ2) is 6.61. The molecule has 5 heteroatoms. The summed E-state index contributed by atoms with van der Waals surface area (Å²) in [6.07, 6.45) is 2.16. The van der Waals surface area contributed by atoms with Gasteiger partial charge in [0.15, 0.2) is 0 Å². The fourth-order valence-electron chi connectivity index (χ4n) is 2.20. The topological polar surface area (TPSA) is 59.0 Å². The van der Waals surface area contributed by atoms with Crippen LogP contribution in [0.4, 0.5) is 0 Å². The maximum Gasteiger partial charge on any atom is 0.320 e. The summed E-state index contributed by atoms with van der Waals surface area (Å²) in [5, 5.41) is 9.11. The van der Waals surface area contributed by atoms with Gasteiger partial charge in [0.2, 0.25) is 0 Å². The zero-order valence-electron chi connectivity index (χ0n) is 11.9. The maximum absolute atomic E-state index is 11.1. The first kappa shape index (κ1) is 14.7. The number of carboxylic acids is 1. The molecule has 1 unspecified atom stereocenters. The van der Waals surface area contributed by atoms with E-state index in [0.717, 1.165) is 24.3 Å². The van der Waals surface area contributed by atoms with Crippen LogP contribution >= 0.6 is 0 Å². The van der Waals surface area contributed by atoms with E-state index < -0.39 is 12.0 Å². The van der Waals surface area contributed by atoms with Crippen LogP contribution in [0.25, 0.3) is 0 Å². The molecule has 0 spiro atoms. The fraction of sp³-hybridized carbons (Fsp3) is 0.533. The number of methoxy groups -OCH3 is 1. The van der Waals surface area contributed by atoms with Gasteiger partial charge >= 0.3 is 5.97 Å². The Hall–Kier alpha value is -1.75.